The molecule has 2 rings (SSSR count). The lowest BCUT2D eigenvalue weighted by atomic mass is 9.84. The second-order valence-electron chi connectivity index (χ2n) is 5.79. The third-order valence-corrected chi connectivity index (χ3v) is 4.50. The summed E-state index contributed by atoms with van der Waals surface area (Å²) in [4.78, 5) is 28.4. The van der Waals surface area contributed by atoms with E-state index < -0.39 is 0 Å². The van der Waals surface area contributed by atoms with E-state index >= 15 is 0 Å². The average Bonchev–Trinajstić information content (AvgIpc) is 2.48. The van der Waals surface area contributed by atoms with Crippen LogP contribution < -0.4 is 5.32 Å². The molecule has 2 amide bonds. The first-order valence-electron chi connectivity index (χ1n) is 8.05. The number of allylic oxidation sites excluding steroid dienone is 3. The molecule has 0 saturated carbocycles. The van der Waals surface area contributed by atoms with Gasteiger partial charge in [-0.05, 0) is 38.3 Å². The average molecular weight is 300 g/mol. The molecule has 22 heavy (non-hydrogen) atoms. The zero-order valence-corrected chi connectivity index (χ0v) is 13.8. The van der Waals surface area contributed by atoms with Crippen LogP contribution in [0.2, 0.25) is 0 Å². The highest BCUT2D eigenvalue weighted by atomic mass is 16.2. The van der Waals surface area contributed by atoms with Gasteiger partial charge < -0.3 is 5.32 Å². The fraction of sp³-hybridized carbons (Fsp3) is 0.500. The molecule has 2 aliphatic rings. The standard InChI is InChI=1S/C18H24N2O2/c1-5-12(6-2)17(21)19-13-8-9-15-11(4)14(7-3)18(22)20-16(15)10-13/h8-10,12,15H,5-7H2,1-4H3,(H,20,22). The normalized spacial score (nSPS) is 22.8. The van der Waals surface area contributed by atoms with Gasteiger partial charge in [-0.15, -0.1) is 0 Å². The number of amides is 2. The molecule has 4 heteroatoms. The van der Waals surface area contributed by atoms with Gasteiger partial charge in [-0.3, -0.25) is 9.59 Å². The second kappa shape index (κ2) is 6.86. The largest absolute Gasteiger partial charge is 0.325 e. The fourth-order valence-corrected chi connectivity index (χ4v) is 3.03. The molecule has 1 aliphatic carbocycles. The van der Waals surface area contributed by atoms with E-state index in [9.17, 15) is 9.59 Å². The number of nitrogens with zero attached hydrogens (tertiary/aromatic N) is 1. The van der Waals surface area contributed by atoms with E-state index in [1.54, 1.807) is 0 Å². The summed E-state index contributed by atoms with van der Waals surface area (Å²) in [5.74, 6) is -0.0480. The molecule has 0 fully saturated rings. The molecular weight excluding hydrogens is 276 g/mol. The van der Waals surface area contributed by atoms with Crippen molar-refractivity contribution in [2.75, 3.05) is 0 Å². The van der Waals surface area contributed by atoms with Gasteiger partial charge in [0.15, 0.2) is 0 Å². The molecule has 0 aromatic carbocycles. The van der Waals surface area contributed by atoms with Crippen molar-refractivity contribution in [3.05, 3.63) is 35.1 Å². The first kappa shape index (κ1) is 16.4. The number of carbonyl (C=O) groups excluding carboxylic acids is 2. The van der Waals surface area contributed by atoms with Crippen molar-refractivity contribution in [2.24, 2.45) is 16.8 Å². The molecule has 1 unspecified atom stereocenters. The van der Waals surface area contributed by atoms with Crippen LogP contribution in [0.3, 0.4) is 0 Å². The maximum atomic E-state index is 12.1. The molecule has 1 heterocycles. The van der Waals surface area contributed by atoms with E-state index in [1.807, 2.05) is 45.9 Å². The van der Waals surface area contributed by atoms with Gasteiger partial charge in [0, 0.05) is 23.1 Å². The summed E-state index contributed by atoms with van der Waals surface area (Å²) in [6.07, 6.45) is 8.03. The summed E-state index contributed by atoms with van der Waals surface area (Å²) in [5, 5.41) is 2.93. The Hall–Kier alpha value is -1.97. The van der Waals surface area contributed by atoms with Crippen LogP contribution >= 0.6 is 0 Å². The zero-order chi connectivity index (χ0) is 16.3. The molecule has 0 spiro atoms. The molecule has 1 N–H and O–H groups in total. The van der Waals surface area contributed by atoms with Crippen LogP contribution in [-0.2, 0) is 9.59 Å². The topological polar surface area (TPSA) is 58.5 Å². The van der Waals surface area contributed by atoms with E-state index in [-0.39, 0.29) is 23.7 Å². The molecule has 0 saturated heterocycles. The van der Waals surface area contributed by atoms with E-state index in [0.717, 1.165) is 36.1 Å². The van der Waals surface area contributed by atoms with Crippen LogP contribution in [-0.4, -0.2) is 17.5 Å². The van der Waals surface area contributed by atoms with Crippen LogP contribution in [0.25, 0.3) is 0 Å². The minimum absolute atomic E-state index is 0.0219. The summed E-state index contributed by atoms with van der Waals surface area (Å²) >= 11 is 0. The van der Waals surface area contributed by atoms with Crippen molar-refractivity contribution in [3.8, 4) is 0 Å². The second-order valence-corrected chi connectivity index (χ2v) is 5.79. The van der Waals surface area contributed by atoms with E-state index in [1.165, 1.54) is 0 Å². The summed E-state index contributed by atoms with van der Waals surface area (Å²) in [7, 11) is 0. The number of rotatable bonds is 4. The predicted octanol–water partition coefficient (Wildman–Crippen LogP) is 3.32. The third kappa shape index (κ3) is 3.11. The Bertz CT molecular complexity index is 605. The lowest BCUT2D eigenvalue weighted by Crippen LogP contribution is -2.36. The fourth-order valence-electron chi connectivity index (χ4n) is 3.03. The van der Waals surface area contributed by atoms with Gasteiger partial charge in [0.05, 0.1) is 5.71 Å². The molecular formula is C18H24N2O2. The van der Waals surface area contributed by atoms with Gasteiger partial charge >= 0.3 is 0 Å². The Morgan fingerprint density at radius 2 is 2.00 bits per heavy atom. The molecule has 1 atom stereocenters. The molecule has 0 aromatic rings. The lowest BCUT2D eigenvalue weighted by Gasteiger charge is -2.29. The quantitative estimate of drug-likeness (QED) is 0.866. The Kier molecular flexibility index (Phi) is 5.11. The summed E-state index contributed by atoms with van der Waals surface area (Å²) in [6.45, 7) is 7.98. The van der Waals surface area contributed by atoms with Gasteiger partial charge in [-0.25, -0.2) is 4.99 Å². The molecule has 0 bridgehead atoms. The molecule has 0 radical (unpaired) electrons. The Morgan fingerprint density at radius 1 is 1.32 bits per heavy atom. The molecule has 118 valence electrons. The Labute approximate surface area is 132 Å². The van der Waals surface area contributed by atoms with Crippen LogP contribution in [0.1, 0.15) is 47.0 Å². The minimum Gasteiger partial charge on any atom is -0.325 e. The van der Waals surface area contributed by atoms with Crippen LogP contribution in [0.15, 0.2) is 40.1 Å². The molecule has 4 nitrogen and oxygen atoms in total. The van der Waals surface area contributed by atoms with Crippen LogP contribution in [0.4, 0.5) is 0 Å². The number of hydrogen-bond acceptors (Lipinski definition) is 2. The monoisotopic (exact) mass is 300 g/mol. The number of carbonyl (C=O) groups is 2. The highest BCUT2D eigenvalue weighted by molar-refractivity contribution is 6.11. The maximum Gasteiger partial charge on any atom is 0.251 e. The lowest BCUT2D eigenvalue weighted by molar-refractivity contribution is -0.121. The summed E-state index contributed by atoms with van der Waals surface area (Å²) in [5.41, 5.74) is 3.37. The number of hydrogen-bond donors (Lipinski definition) is 1. The van der Waals surface area contributed by atoms with E-state index in [4.69, 9.17) is 0 Å². The van der Waals surface area contributed by atoms with Gasteiger partial charge in [-0.1, -0.05) is 32.4 Å². The first-order chi connectivity index (χ1) is 10.5. The van der Waals surface area contributed by atoms with E-state index in [0.29, 0.717) is 5.71 Å². The smallest absolute Gasteiger partial charge is 0.251 e. The number of aliphatic imine (C=N–C) groups is 1. The van der Waals surface area contributed by atoms with Gasteiger partial charge in [0.1, 0.15) is 0 Å². The van der Waals surface area contributed by atoms with Crippen molar-refractivity contribution >= 4 is 17.5 Å². The van der Waals surface area contributed by atoms with Crippen LogP contribution in [0, 0.1) is 11.8 Å². The van der Waals surface area contributed by atoms with Crippen molar-refractivity contribution in [1.82, 2.24) is 5.32 Å². The van der Waals surface area contributed by atoms with Crippen molar-refractivity contribution in [3.63, 3.8) is 0 Å². The number of nitrogens with one attached hydrogen (secondary N) is 1. The first-order valence-corrected chi connectivity index (χ1v) is 8.05. The SMILES string of the molecule is CCC1=C(C)C2C=CC(=NC(=O)C(CC)CC)C=C2NC1=O. The van der Waals surface area contributed by atoms with Crippen LogP contribution in [0.5, 0.6) is 0 Å². The summed E-state index contributed by atoms with van der Waals surface area (Å²) in [6, 6.07) is 0. The third-order valence-electron chi connectivity index (χ3n) is 4.50. The van der Waals surface area contributed by atoms with Gasteiger partial charge in [0.25, 0.3) is 5.91 Å². The maximum absolute atomic E-state index is 12.1. The minimum atomic E-state index is -0.0800. The van der Waals surface area contributed by atoms with Crippen molar-refractivity contribution in [1.29, 1.82) is 0 Å². The van der Waals surface area contributed by atoms with Crippen molar-refractivity contribution in [2.45, 2.75) is 47.0 Å². The number of fused-ring (bicyclic) bond motifs is 1. The predicted molar refractivity (Wildman–Crippen MR) is 88.4 cm³/mol. The highest BCUT2D eigenvalue weighted by Gasteiger charge is 2.28. The molecule has 1 aliphatic heterocycles. The van der Waals surface area contributed by atoms with Crippen molar-refractivity contribution < 1.29 is 9.59 Å². The van der Waals surface area contributed by atoms with Gasteiger partial charge in [0.2, 0.25) is 5.91 Å². The highest BCUT2D eigenvalue weighted by Crippen LogP contribution is 2.31. The zero-order valence-electron chi connectivity index (χ0n) is 13.8. The van der Waals surface area contributed by atoms with Gasteiger partial charge in [-0.2, -0.15) is 0 Å². The summed E-state index contributed by atoms with van der Waals surface area (Å²) < 4.78 is 0. The Balaban J connectivity index is 2.27. The molecule has 0 aromatic heterocycles. The Morgan fingerprint density at radius 3 is 2.59 bits per heavy atom. The van der Waals surface area contributed by atoms with E-state index in [2.05, 4.69) is 10.3 Å².